The molecule has 6 heteroatoms. The molecule has 2 fully saturated rings. The Morgan fingerprint density at radius 1 is 1.32 bits per heavy atom. The highest BCUT2D eigenvalue weighted by molar-refractivity contribution is 7.14. The first-order chi connectivity index (χ1) is 13.2. The van der Waals surface area contributed by atoms with Gasteiger partial charge >= 0.3 is 6.09 Å². The van der Waals surface area contributed by atoms with E-state index in [1.165, 1.54) is 12.0 Å². The third kappa shape index (κ3) is 5.64. The smallest absolute Gasteiger partial charge is 0.410 e. The molecule has 1 aliphatic heterocycles. The maximum atomic E-state index is 12.3. The van der Waals surface area contributed by atoms with Gasteiger partial charge in [0.15, 0.2) is 0 Å². The molecule has 0 bridgehead atoms. The van der Waals surface area contributed by atoms with Gasteiger partial charge in [0.2, 0.25) is 0 Å². The second-order valence-corrected chi connectivity index (χ2v) is 11.1. The summed E-state index contributed by atoms with van der Waals surface area (Å²) >= 11 is 7.77. The molecule has 1 saturated heterocycles. The van der Waals surface area contributed by atoms with E-state index in [0.717, 1.165) is 62.4 Å². The maximum Gasteiger partial charge on any atom is 0.410 e. The molecule has 0 spiro atoms. The van der Waals surface area contributed by atoms with Gasteiger partial charge in [0, 0.05) is 19.0 Å². The highest BCUT2D eigenvalue weighted by atomic mass is 35.5. The van der Waals surface area contributed by atoms with Crippen LogP contribution in [-0.4, -0.2) is 40.4 Å². The van der Waals surface area contributed by atoms with E-state index < -0.39 is 11.2 Å². The first kappa shape index (κ1) is 21.9. The van der Waals surface area contributed by atoms with Crippen LogP contribution in [0.1, 0.15) is 83.6 Å². The van der Waals surface area contributed by atoms with Gasteiger partial charge in [0.1, 0.15) is 5.60 Å². The zero-order valence-corrected chi connectivity index (χ0v) is 19.0. The van der Waals surface area contributed by atoms with Crippen molar-refractivity contribution in [2.24, 2.45) is 5.92 Å². The predicted octanol–water partition coefficient (Wildman–Crippen LogP) is 6.22. The van der Waals surface area contributed by atoms with E-state index in [1.54, 1.807) is 11.3 Å². The Morgan fingerprint density at radius 2 is 1.96 bits per heavy atom. The number of rotatable bonds is 4. The molecule has 2 aliphatic rings. The summed E-state index contributed by atoms with van der Waals surface area (Å²) in [7, 11) is 0. The maximum absolute atomic E-state index is 12.3. The number of likely N-dealkylation sites (tertiary alicyclic amines) is 1. The van der Waals surface area contributed by atoms with Crippen molar-refractivity contribution in [1.29, 1.82) is 0 Å². The lowest BCUT2D eigenvalue weighted by molar-refractivity contribution is -0.0315. The van der Waals surface area contributed by atoms with Gasteiger partial charge < -0.3 is 14.7 Å². The standard InChI is InChI=1S/C22H34ClNO3S/c1-21(2,3)27-20(25)24-11-7-16(8-12-24)13-18(17-14-19(23)28-15-17)22(26)9-5-4-6-10-22/h14-16,18,26H,4-13H2,1-3H3. The quantitative estimate of drug-likeness (QED) is 0.620. The minimum Gasteiger partial charge on any atom is -0.444 e. The zero-order valence-electron chi connectivity index (χ0n) is 17.4. The number of thiophene rings is 1. The number of halogens is 1. The first-order valence-electron chi connectivity index (χ1n) is 10.6. The molecular formula is C22H34ClNO3S. The minimum absolute atomic E-state index is 0.134. The molecule has 0 radical (unpaired) electrons. The van der Waals surface area contributed by atoms with Crippen molar-refractivity contribution in [2.45, 2.75) is 89.3 Å². The molecule has 4 nitrogen and oxygen atoms in total. The van der Waals surface area contributed by atoms with Crippen molar-refractivity contribution in [3.05, 3.63) is 21.3 Å². The van der Waals surface area contributed by atoms with Crippen molar-refractivity contribution in [3.63, 3.8) is 0 Å². The van der Waals surface area contributed by atoms with Crippen LogP contribution in [0.2, 0.25) is 4.34 Å². The number of hydrogen-bond donors (Lipinski definition) is 1. The number of aliphatic hydroxyl groups is 1. The monoisotopic (exact) mass is 427 g/mol. The molecule has 1 atom stereocenters. The Bertz CT molecular complexity index is 655. The first-order valence-corrected chi connectivity index (χ1v) is 11.9. The summed E-state index contributed by atoms with van der Waals surface area (Å²) in [6.07, 6.45) is 7.85. The summed E-state index contributed by atoms with van der Waals surface area (Å²) in [4.78, 5) is 14.1. The number of amides is 1. The van der Waals surface area contributed by atoms with Gasteiger partial charge in [-0.05, 0) is 75.8 Å². The van der Waals surface area contributed by atoms with Crippen LogP contribution < -0.4 is 0 Å². The van der Waals surface area contributed by atoms with E-state index >= 15 is 0 Å². The molecule has 1 N–H and O–H groups in total. The zero-order chi connectivity index (χ0) is 20.4. The van der Waals surface area contributed by atoms with Crippen molar-refractivity contribution in [1.82, 2.24) is 4.90 Å². The van der Waals surface area contributed by atoms with E-state index in [-0.39, 0.29) is 12.0 Å². The van der Waals surface area contributed by atoms with Crippen molar-refractivity contribution in [3.8, 4) is 0 Å². The molecule has 2 heterocycles. The van der Waals surface area contributed by atoms with Crippen molar-refractivity contribution < 1.29 is 14.6 Å². The molecule has 1 saturated carbocycles. The SMILES string of the molecule is CC(C)(C)OC(=O)N1CCC(CC(c2csc(Cl)c2)C2(O)CCCCC2)CC1. The Morgan fingerprint density at radius 3 is 2.50 bits per heavy atom. The Balaban J connectivity index is 1.63. The minimum atomic E-state index is -0.620. The van der Waals surface area contributed by atoms with Crippen LogP contribution in [0.5, 0.6) is 0 Å². The van der Waals surface area contributed by atoms with Gasteiger partial charge in [-0.25, -0.2) is 4.79 Å². The third-order valence-electron chi connectivity index (χ3n) is 6.19. The molecule has 1 unspecified atom stereocenters. The van der Waals surface area contributed by atoms with Crippen LogP contribution in [-0.2, 0) is 4.74 Å². The molecule has 3 rings (SSSR count). The lowest BCUT2D eigenvalue weighted by Gasteiger charge is -2.42. The van der Waals surface area contributed by atoms with E-state index in [1.807, 2.05) is 31.7 Å². The topological polar surface area (TPSA) is 49.8 Å². The fourth-order valence-corrected chi connectivity index (χ4v) is 5.64. The van der Waals surface area contributed by atoms with E-state index in [4.69, 9.17) is 16.3 Å². The number of carbonyl (C=O) groups is 1. The van der Waals surface area contributed by atoms with Gasteiger partial charge in [0.25, 0.3) is 0 Å². The number of nitrogens with zero attached hydrogens (tertiary/aromatic N) is 1. The molecule has 158 valence electrons. The fraction of sp³-hybridized carbons (Fsp3) is 0.773. The average molecular weight is 428 g/mol. The van der Waals surface area contributed by atoms with Gasteiger partial charge in [-0.15, -0.1) is 11.3 Å². The highest BCUT2D eigenvalue weighted by Gasteiger charge is 2.40. The summed E-state index contributed by atoms with van der Waals surface area (Å²) in [5, 5.41) is 13.6. The van der Waals surface area contributed by atoms with Crippen LogP contribution in [0, 0.1) is 5.92 Å². The molecule has 0 aromatic carbocycles. The molecule has 1 aromatic rings. The molecule has 28 heavy (non-hydrogen) atoms. The largest absolute Gasteiger partial charge is 0.444 e. The van der Waals surface area contributed by atoms with E-state index in [2.05, 4.69) is 5.38 Å². The summed E-state index contributed by atoms with van der Waals surface area (Å²) in [6, 6.07) is 2.04. The molecule has 1 aromatic heterocycles. The summed E-state index contributed by atoms with van der Waals surface area (Å²) in [6.45, 7) is 7.17. The molecular weight excluding hydrogens is 394 g/mol. The fourth-order valence-electron chi connectivity index (χ4n) is 4.70. The van der Waals surface area contributed by atoms with Crippen LogP contribution >= 0.6 is 22.9 Å². The third-order valence-corrected chi connectivity index (χ3v) is 7.30. The Labute approximate surface area is 178 Å². The number of piperidine rings is 1. The lowest BCUT2D eigenvalue weighted by Crippen LogP contribution is -2.43. The van der Waals surface area contributed by atoms with E-state index in [0.29, 0.717) is 5.92 Å². The van der Waals surface area contributed by atoms with Gasteiger partial charge in [-0.1, -0.05) is 30.9 Å². The lowest BCUT2D eigenvalue weighted by atomic mass is 9.69. The number of ether oxygens (including phenoxy) is 1. The van der Waals surface area contributed by atoms with Crippen LogP contribution in [0.4, 0.5) is 4.79 Å². The predicted molar refractivity (Wildman–Crippen MR) is 115 cm³/mol. The average Bonchev–Trinajstić information content (AvgIpc) is 3.05. The van der Waals surface area contributed by atoms with E-state index in [9.17, 15) is 9.90 Å². The van der Waals surface area contributed by atoms with Gasteiger partial charge in [0.05, 0.1) is 9.94 Å². The number of hydrogen-bond acceptors (Lipinski definition) is 4. The second-order valence-electron chi connectivity index (χ2n) is 9.55. The summed E-state index contributed by atoms with van der Waals surface area (Å²) in [5.74, 6) is 0.642. The Hall–Kier alpha value is -0.780. The van der Waals surface area contributed by atoms with Crippen molar-refractivity contribution >= 4 is 29.0 Å². The molecule has 1 amide bonds. The summed E-state index contributed by atoms with van der Waals surface area (Å²) in [5.41, 5.74) is 0.112. The highest BCUT2D eigenvalue weighted by Crippen LogP contribution is 2.46. The van der Waals surface area contributed by atoms with Crippen LogP contribution in [0.15, 0.2) is 11.4 Å². The second kappa shape index (κ2) is 8.93. The van der Waals surface area contributed by atoms with Crippen LogP contribution in [0.3, 0.4) is 0 Å². The Kier molecular flexibility index (Phi) is 6.99. The van der Waals surface area contributed by atoms with Crippen LogP contribution in [0.25, 0.3) is 0 Å². The van der Waals surface area contributed by atoms with Gasteiger partial charge in [-0.3, -0.25) is 0 Å². The normalized spacial score (nSPS) is 22.1. The summed E-state index contributed by atoms with van der Waals surface area (Å²) < 4.78 is 6.30. The molecule has 1 aliphatic carbocycles. The van der Waals surface area contributed by atoms with Crippen molar-refractivity contribution in [2.75, 3.05) is 13.1 Å². The van der Waals surface area contributed by atoms with Gasteiger partial charge in [-0.2, -0.15) is 0 Å². The number of carbonyl (C=O) groups excluding carboxylic acids is 1.